The van der Waals surface area contributed by atoms with Gasteiger partial charge in [-0.3, -0.25) is 0 Å². The summed E-state index contributed by atoms with van der Waals surface area (Å²) >= 11 is 5.42. The molecule has 0 amide bonds. The molecule has 0 aliphatic rings. The summed E-state index contributed by atoms with van der Waals surface area (Å²) in [4.78, 5) is 10.3. The highest BCUT2D eigenvalue weighted by Gasteiger charge is 2.07. The maximum atomic E-state index is 10.3. The zero-order valence-electron chi connectivity index (χ0n) is 5.39. The second-order valence-corrected chi connectivity index (χ2v) is 1.88. The largest absolute Gasteiger partial charge is 0.509 e. The Labute approximate surface area is 58.9 Å². The van der Waals surface area contributed by atoms with Crippen molar-refractivity contribution < 1.29 is 14.3 Å². The van der Waals surface area contributed by atoms with Crippen LogP contribution in [0.15, 0.2) is 0 Å². The molecule has 0 aromatic carbocycles. The lowest BCUT2D eigenvalue weighted by Crippen LogP contribution is -2.11. The maximum absolute atomic E-state index is 10.3. The first kappa shape index (κ1) is 8.56. The first-order chi connectivity index (χ1) is 4.20. The predicted octanol–water partition coefficient (Wildman–Crippen LogP) is 1.74. The first-order valence-electron chi connectivity index (χ1n) is 2.59. The highest BCUT2D eigenvalue weighted by atomic mass is 35.5. The van der Waals surface area contributed by atoms with Crippen LogP contribution in [0.25, 0.3) is 0 Å². The number of hydrogen-bond donors (Lipinski definition) is 0. The Hall–Kier alpha value is -0.440. The average molecular weight is 153 g/mol. The lowest BCUT2D eigenvalue weighted by atomic mass is 10.5. The minimum absolute atomic E-state index is 0.572. The summed E-state index contributed by atoms with van der Waals surface area (Å²) in [5.74, 6) is 0. The van der Waals surface area contributed by atoms with Gasteiger partial charge in [0.15, 0.2) is 5.56 Å². The molecular formula is C5H9ClO3. The van der Waals surface area contributed by atoms with Crippen LogP contribution < -0.4 is 0 Å². The molecule has 0 fully saturated rings. The van der Waals surface area contributed by atoms with E-state index >= 15 is 0 Å². The molecule has 0 saturated heterocycles. The number of alkyl halides is 1. The molecule has 0 radical (unpaired) electrons. The van der Waals surface area contributed by atoms with Crippen LogP contribution in [0, 0.1) is 0 Å². The van der Waals surface area contributed by atoms with E-state index in [1.165, 1.54) is 7.11 Å². The van der Waals surface area contributed by atoms with Crippen molar-refractivity contribution in [2.45, 2.75) is 18.9 Å². The fourth-order valence-corrected chi connectivity index (χ4v) is 0.309. The fraction of sp³-hybridized carbons (Fsp3) is 0.800. The van der Waals surface area contributed by atoms with Gasteiger partial charge >= 0.3 is 6.16 Å². The molecule has 0 bridgehead atoms. The van der Waals surface area contributed by atoms with E-state index in [-0.39, 0.29) is 0 Å². The van der Waals surface area contributed by atoms with Crippen molar-refractivity contribution in [3.05, 3.63) is 0 Å². The zero-order valence-corrected chi connectivity index (χ0v) is 6.14. The Morgan fingerprint density at radius 2 is 2.33 bits per heavy atom. The van der Waals surface area contributed by atoms with Gasteiger partial charge in [-0.05, 0) is 6.42 Å². The van der Waals surface area contributed by atoms with E-state index in [1.807, 2.05) is 0 Å². The number of carbonyl (C=O) groups is 1. The molecule has 0 aliphatic carbocycles. The Morgan fingerprint density at radius 3 is 2.67 bits per heavy atom. The lowest BCUT2D eigenvalue weighted by molar-refractivity contribution is 0.0612. The van der Waals surface area contributed by atoms with E-state index in [0.29, 0.717) is 6.42 Å². The summed E-state index contributed by atoms with van der Waals surface area (Å²) in [6, 6.07) is 0. The van der Waals surface area contributed by atoms with Crippen LogP contribution in [0.4, 0.5) is 4.79 Å². The van der Waals surface area contributed by atoms with Crippen molar-refractivity contribution in [3.8, 4) is 0 Å². The molecule has 0 aromatic heterocycles. The Morgan fingerprint density at radius 1 is 1.78 bits per heavy atom. The zero-order chi connectivity index (χ0) is 7.28. The highest BCUT2D eigenvalue weighted by molar-refractivity contribution is 6.20. The third-order valence-corrected chi connectivity index (χ3v) is 1.11. The highest BCUT2D eigenvalue weighted by Crippen LogP contribution is 2.03. The van der Waals surface area contributed by atoms with Crippen molar-refractivity contribution in [2.24, 2.45) is 0 Å². The average Bonchev–Trinajstić information content (AvgIpc) is 1.87. The molecule has 3 nitrogen and oxygen atoms in total. The summed E-state index contributed by atoms with van der Waals surface area (Å²) in [5, 5.41) is 0. The fourth-order valence-electron chi connectivity index (χ4n) is 0.236. The molecule has 0 rings (SSSR count). The molecule has 1 atom stereocenters. The van der Waals surface area contributed by atoms with E-state index in [9.17, 15) is 4.79 Å². The summed E-state index contributed by atoms with van der Waals surface area (Å²) in [6.07, 6.45) is -0.159. The van der Waals surface area contributed by atoms with Gasteiger partial charge in [0.25, 0.3) is 0 Å². The Balaban J connectivity index is 3.34. The summed E-state index contributed by atoms with van der Waals surface area (Å²) in [6.45, 7) is 1.81. The topological polar surface area (TPSA) is 35.5 Å². The first-order valence-corrected chi connectivity index (χ1v) is 3.03. The van der Waals surface area contributed by atoms with Crippen LogP contribution in [0.5, 0.6) is 0 Å². The minimum atomic E-state index is -0.739. The number of rotatable bonds is 2. The van der Waals surface area contributed by atoms with Gasteiger partial charge < -0.3 is 9.47 Å². The van der Waals surface area contributed by atoms with Crippen LogP contribution in [-0.4, -0.2) is 18.8 Å². The monoisotopic (exact) mass is 152 g/mol. The van der Waals surface area contributed by atoms with Gasteiger partial charge in [0.05, 0.1) is 7.11 Å². The van der Waals surface area contributed by atoms with Gasteiger partial charge in [0.2, 0.25) is 0 Å². The molecular weight excluding hydrogens is 144 g/mol. The van der Waals surface area contributed by atoms with Crippen LogP contribution >= 0.6 is 11.6 Å². The van der Waals surface area contributed by atoms with E-state index in [0.717, 1.165) is 0 Å². The molecule has 1 unspecified atom stereocenters. The molecule has 0 saturated carbocycles. The molecule has 4 heteroatoms. The van der Waals surface area contributed by atoms with Crippen LogP contribution in [0.2, 0.25) is 0 Å². The molecule has 0 heterocycles. The van der Waals surface area contributed by atoms with Gasteiger partial charge in [-0.2, -0.15) is 0 Å². The summed E-state index contributed by atoms with van der Waals surface area (Å²) < 4.78 is 8.63. The van der Waals surface area contributed by atoms with Crippen molar-refractivity contribution >= 4 is 17.8 Å². The molecule has 54 valence electrons. The van der Waals surface area contributed by atoms with Crippen LogP contribution in [-0.2, 0) is 9.47 Å². The molecule has 0 spiro atoms. The number of methoxy groups -OCH3 is 1. The van der Waals surface area contributed by atoms with Crippen LogP contribution in [0.1, 0.15) is 13.3 Å². The molecule has 9 heavy (non-hydrogen) atoms. The number of halogens is 1. The van der Waals surface area contributed by atoms with Gasteiger partial charge in [0, 0.05) is 0 Å². The predicted molar refractivity (Wildman–Crippen MR) is 33.4 cm³/mol. The van der Waals surface area contributed by atoms with Crippen molar-refractivity contribution in [1.29, 1.82) is 0 Å². The number of carbonyl (C=O) groups excluding carboxylic acids is 1. The third kappa shape index (κ3) is 4.09. The van der Waals surface area contributed by atoms with E-state index < -0.39 is 11.7 Å². The van der Waals surface area contributed by atoms with Crippen molar-refractivity contribution in [2.75, 3.05) is 7.11 Å². The van der Waals surface area contributed by atoms with Crippen LogP contribution in [0.3, 0.4) is 0 Å². The standard InChI is InChI=1S/C5H9ClO3/c1-3-4(6)9-5(7)8-2/h4H,3H2,1-2H3. The maximum Gasteiger partial charge on any atom is 0.509 e. The smallest absolute Gasteiger partial charge is 0.438 e. The molecule has 0 N–H and O–H groups in total. The van der Waals surface area contributed by atoms with E-state index in [4.69, 9.17) is 11.6 Å². The molecule has 0 aliphatic heterocycles. The van der Waals surface area contributed by atoms with Gasteiger partial charge in [0.1, 0.15) is 0 Å². The third-order valence-electron chi connectivity index (χ3n) is 0.712. The Bertz CT molecular complexity index is 94.2. The lowest BCUT2D eigenvalue weighted by Gasteiger charge is -2.05. The Kier molecular flexibility index (Phi) is 4.22. The summed E-state index contributed by atoms with van der Waals surface area (Å²) in [5.41, 5.74) is -0.572. The number of hydrogen-bond acceptors (Lipinski definition) is 3. The summed E-state index contributed by atoms with van der Waals surface area (Å²) in [7, 11) is 1.24. The number of ether oxygens (including phenoxy) is 2. The minimum Gasteiger partial charge on any atom is -0.438 e. The van der Waals surface area contributed by atoms with Crippen molar-refractivity contribution in [3.63, 3.8) is 0 Å². The molecule has 0 aromatic rings. The quantitative estimate of drug-likeness (QED) is 0.447. The van der Waals surface area contributed by atoms with Gasteiger partial charge in [-0.1, -0.05) is 18.5 Å². The van der Waals surface area contributed by atoms with Crippen molar-refractivity contribution in [1.82, 2.24) is 0 Å². The SMILES string of the molecule is CCC(Cl)OC(=O)OC. The normalized spacial score (nSPS) is 12.3. The second-order valence-electron chi connectivity index (χ2n) is 1.39. The van der Waals surface area contributed by atoms with Gasteiger partial charge in [-0.25, -0.2) is 4.79 Å². The van der Waals surface area contributed by atoms with E-state index in [2.05, 4.69) is 9.47 Å². The second kappa shape index (κ2) is 4.44. The van der Waals surface area contributed by atoms with E-state index in [1.54, 1.807) is 6.92 Å². The van der Waals surface area contributed by atoms with Gasteiger partial charge in [-0.15, -0.1) is 0 Å².